The molecule has 1 aliphatic rings. The maximum Gasteiger partial charge on any atom is 0.327 e. The number of hydrogen-bond donors (Lipinski definition) is 1. The summed E-state index contributed by atoms with van der Waals surface area (Å²) in [6, 6.07) is 7.15. The van der Waals surface area contributed by atoms with E-state index in [1.54, 1.807) is 25.1 Å². The SMILES string of the molecule is COc1ccc2c(N3CCSCC3C(=O)O)nccc2c1. The van der Waals surface area contributed by atoms with Crippen molar-refractivity contribution in [3.8, 4) is 5.75 Å². The first-order chi connectivity index (χ1) is 10.2. The van der Waals surface area contributed by atoms with Crippen LogP contribution in [0.25, 0.3) is 10.8 Å². The molecular weight excluding hydrogens is 288 g/mol. The first-order valence-corrected chi connectivity index (χ1v) is 7.86. The van der Waals surface area contributed by atoms with Crippen molar-refractivity contribution in [2.75, 3.05) is 30.1 Å². The third kappa shape index (κ3) is 2.63. The number of hydrogen-bond acceptors (Lipinski definition) is 5. The van der Waals surface area contributed by atoms with Gasteiger partial charge in [-0.2, -0.15) is 11.8 Å². The van der Waals surface area contributed by atoms with Crippen molar-refractivity contribution in [3.05, 3.63) is 30.5 Å². The van der Waals surface area contributed by atoms with Crippen molar-refractivity contribution < 1.29 is 14.6 Å². The number of carbonyl (C=O) groups is 1. The van der Waals surface area contributed by atoms with Crippen molar-refractivity contribution in [1.82, 2.24) is 4.98 Å². The van der Waals surface area contributed by atoms with E-state index in [2.05, 4.69) is 4.98 Å². The summed E-state index contributed by atoms with van der Waals surface area (Å²) >= 11 is 1.67. The highest BCUT2D eigenvalue weighted by Crippen LogP contribution is 2.31. The van der Waals surface area contributed by atoms with E-state index in [4.69, 9.17) is 4.74 Å². The van der Waals surface area contributed by atoms with Crippen LogP contribution in [0, 0.1) is 0 Å². The highest BCUT2D eigenvalue weighted by atomic mass is 32.2. The monoisotopic (exact) mass is 304 g/mol. The normalized spacial score (nSPS) is 18.7. The molecule has 21 heavy (non-hydrogen) atoms. The van der Waals surface area contributed by atoms with Gasteiger partial charge in [0, 0.05) is 29.6 Å². The van der Waals surface area contributed by atoms with Gasteiger partial charge >= 0.3 is 5.97 Å². The molecular formula is C15H16N2O3S. The summed E-state index contributed by atoms with van der Waals surface area (Å²) in [6.45, 7) is 0.694. The summed E-state index contributed by atoms with van der Waals surface area (Å²) in [5.74, 6) is 2.22. The summed E-state index contributed by atoms with van der Waals surface area (Å²) in [7, 11) is 1.63. The lowest BCUT2D eigenvalue weighted by molar-refractivity contribution is -0.138. The summed E-state index contributed by atoms with van der Waals surface area (Å²) in [5.41, 5.74) is 0. The smallest absolute Gasteiger partial charge is 0.327 e. The summed E-state index contributed by atoms with van der Waals surface area (Å²) in [6.07, 6.45) is 1.72. The molecule has 5 nitrogen and oxygen atoms in total. The maximum atomic E-state index is 11.5. The van der Waals surface area contributed by atoms with Crippen LogP contribution in [0.15, 0.2) is 30.5 Å². The molecule has 1 aromatic carbocycles. The zero-order valence-electron chi connectivity index (χ0n) is 11.7. The Morgan fingerprint density at radius 1 is 1.48 bits per heavy atom. The Labute approximate surface area is 126 Å². The second-order valence-electron chi connectivity index (χ2n) is 4.84. The van der Waals surface area contributed by atoms with Crippen LogP contribution in [0.4, 0.5) is 5.82 Å². The fourth-order valence-electron chi connectivity index (χ4n) is 2.56. The van der Waals surface area contributed by atoms with Crippen LogP contribution < -0.4 is 9.64 Å². The van der Waals surface area contributed by atoms with Crippen LogP contribution in [0.3, 0.4) is 0 Å². The van der Waals surface area contributed by atoms with Gasteiger partial charge in [0.2, 0.25) is 0 Å². The van der Waals surface area contributed by atoms with E-state index in [1.807, 2.05) is 29.2 Å². The molecule has 1 unspecified atom stereocenters. The molecule has 1 aromatic heterocycles. The molecule has 110 valence electrons. The van der Waals surface area contributed by atoms with Gasteiger partial charge in [0.05, 0.1) is 7.11 Å². The topological polar surface area (TPSA) is 62.7 Å². The van der Waals surface area contributed by atoms with Gasteiger partial charge in [0.1, 0.15) is 17.6 Å². The molecule has 2 heterocycles. The van der Waals surface area contributed by atoms with Crippen LogP contribution in [-0.2, 0) is 4.79 Å². The first-order valence-electron chi connectivity index (χ1n) is 6.70. The van der Waals surface area contributed by atoms with Crippen molar-refractivity contribution in [2.24, 2.45) is 0 Å². The minimum atomic E-state index is -0.797. The molecule has 0 saturated carbocycles. The Morgan fingerprint density at radius 3 is 3.10 bits per heavy atom. The van der Waals surface area contributed by atoms with Crippen molar-refractivity contribution in [3.63, 3.8) is 0 Å². The van der Waals surface area contributed by atoms with E-state index in [1.165, 1.54) is 0 Å². The lowest BCUT2D eigenvalue weighted by atomic mass is 10.1. The predicted molar refractivity (Wildman–Crippen MR) is 84.4 cm³/mol. The molecule has 1 N–H and O–H groups in total. The number of carboxylic acids is 1. The number of rotatable bonds is 3. The molecule has 0 aliphatic carbocycles. The summed E-state index contributed by atoms with van der Waals surface area (Å²) in [5, 5.41) is 11.4. The predicted octanol–water partition coefficient (Wildman–Crippen LogP) is 2.25. The zero-order valence-corrected chi connectivity index (χ0v) is 12.5. The minimum absolute atomic E-state index is 0.524. The number of benzene rings is 1. The van der Waals surface area contributed by atoms with E-state index < -0.39 is 12.0 Å². The molecule has 0 radical (unpaired) electrons. The van der Waals surface area contributed by atoms with Gasteiger partial charge in [-0.25, -0.2) is 9.78 Å². The van der Waals surface area contributed by atoms with E-state index in [0.717, 1.165) is 28.1 Å². The number of ether oxygens (including phenoxy) is 1. The Kier molecular flexibility index (Phi) is 3.88. The molecule has 1 aliphatic heterocycles. The fourth-order valence-corrected chi connectivity index (χ4v) is 3.60. The largest absolute Gasteiger partial charge is 0.497 e. The molecule has 3 rings (SSSR count). The molecule has 0 bridgehead atoms. The van der Waals surface area contributed by atoms with Crippen LogP contribution in [0.2, 0.25) is 0 Å². The minimum Gasteiger partial charge on any atom is -0.497 e. The van der Waals surface area contributed by atoms with Crippen LogP contribution >= 0.6 is 11.8 Å². The average molecular weight is 304 g/mol. The fraction of sp³-hybridized carbons (Fsp3) is 0.333. The highest BCUT2D eigenvalue weighted by molar-refractivity contribution is 7.99. The number of methoxy groups -OCH3 is 1. The van der Waals surface area contributed by atoms with Crippen molar-refractivity contribution >= 4 is 34.3 Å². The number of fused-ring (bicyclic) bond motifs is 1. The number of thioether (sulfide) groups is 1. The van der Waals surface area contributed by atoms with Gasteiger partial charge in [-0.05, 0) is 29.7 Å². The molecule has 2 aromatic rings. The molecule has 6 heteroatoms. The number of aromatic nitrogens is 1. The van der Waals surface area contributed by atoms with E-state index >= 15 is 0 Å². The lowest BCUT2D eigenvalue weighted by Gasteiger charge is -2.34. The lowest BCUT2D eigenvalue weighted by Crippen LogP contribution is -2.47. The third-order valence-electron chi connectivity index (χ3n) is 3.64. The summed E-state index contributed by atoms with van der Waals surface area (Å²) < 4.78 is 5.24. The Hall–Kier alpha value is -1.95. The van der Waals surface area contributed by atoms with Crippen molar-refractivity contribution in [1.29, 1.82) is 0 Å². The Morgan fingerprint density at radius 2 is 2.33 bits per heavy atom. The maximum absolute atomic E-state index is 11.5. The Balaban J connectivity index is 2.08. The van der Waals surface area contributed by atoms with Gasteiger partial charge in [0.15, 0.2) is 0 Å². The van der Waals surface area contributed by atoms with E-state index in [9.17, 15) is 9.90 Å². The average Bonchev–Trinajstić information content (AvgIpc) is 2.53. The van der Waals surface area contributed by atoms with Gasteiger partial charge in [-0.3, -0.25) is 0 Å². The number of aliphatic carboxylic acids is 1. The third-order valence-corrected chi connectivity index (χ3v) is 4.66. The highest BCUT2D eigenvalue weighted by Gasteiger charge is 2.30. The molecule has 1 fully saturated rings. The number of carboxylic acid groups (broad SMARTS) is 1. The quantitative estimate of drug-likeness (QED) is 0.938. The van der Waals surface area contributed by atoms with Gasteiger partial charge in [0.25, 0.3) is 0 Å². The summed E-state index contributed by atoms with van der Waals surface area (Å²) in [4.78, 5) is 17.8. The van der Waals surface area contributed by atoms with Gasteiger partial charge in [-0.15, -0.1) is 0 Å². The van der Waals surface area contributed by atoms with Crippen LogP contribution in [0.5, 0.6) is 5.75 Å². The van der Waals surface area contributed by atoms with E-state index in [-0.39, 0.29) is 0 Å². The van der Waals surface area contributed by atoms with E-state index in [0.29, 0.717) is 12.3 Å². The molecule has 0 spiro atoms. The number of pyridine rings is 1. The van der Waals surface area contributed by atoms with Crippen molar-refractivity contribution in [2.45, 2.75) is 6.04 Å². The van der Waals surface area contributed by atoms with Gasteiger partial charge < -0.3 is 14.7 Å². The number of nitrogens with zero attached hydrogens (tertiary/aromatic N) is 2. The molecule has 1 atom stereocenters. The molecule has 1 saturated heterocycles. The first kappa shape index (κ1) is 14.0. The zero-order chi connectivity index (χ0) is 14.8. The van der Waals surface area contributed by atoms with Gasteiger partial charge in [-0.1, -0.05) is 0 Å². The molecule has 0 amide bonds. The second-order valence-corrected chi connectivity index (χ2v) is 5.99. The van der Waals surface area contributed by atoms with Crippen LogP contribution in [0.1, 0.15) is 0 Å². The standard InChI is InChI=1S/C15H16N2O3S/c1-20-11-2-3-12-10(8-11)4-5-16-14(12)17-6-7-21-9-13(17)15(18)19/h2-5,8,13H,6-7,9H2,1H3,(H,18,19). The number of anilines is 1. The second kappa shape index (κ2) is 5.81. The Bertz CT molecular complexity index is 677. The van der Waals surface area contributed by atoms with Crippen LogP contribution in [-0.4, -0.2) is 47.3 Å².